The summed E-state index contributed by atoms with van der Waals surface area (Å²) in [6.45, 7) is 4.61. The lowest BCUT2D eigenvalue weighted by molar-refractivity contribution is 0.211. The zero-order chi connectivity index (χ0) is 14.0. The quantitative estimate of drug-likeness (QED) is 0.746. The smallest absolute Gasteiger partial charge is 0.232 e. The minimum Gasteiger partial charge on any atom is -0.490 e. The van der Waals surface area contributed by atoms with E-state index in [-0.39, 0.29) is 0 Å². The van der Waals surface area contributed by atoms with E-state index in [2.05, 4.69) is 22.2 Å². The van der Waals surface area contributed by atoms with E-state index in [0.717, 1.165) is 24.5 Å². The van der Waals surface area contributed by atoms with Gasteiger partial charge in [0.15, 0.2) is 0 Å². The van der Waals surface area contributed by atoms with Gasteiger partial charge in [-0.3, -0.25) is 4.98 Å². The number of hydrogen-bond donors (Lipinski definition) is 1. The topological polar surface area (TPSA) is 56.3 Å². The summed E-state index contributed by atoms with van der Waals surface area (Å²) in [4.78, 5) is 8.46. The first-order valence-corrected chi connectivity index (χ1v) is 6.71. The number of hydrogen-bond acceptors (Lipinski definition) is 5. The molecule has 0 saturated carbocycles. The molecule has 2 aromatic rings. The lowest BCUT2D eigenvalue weighted by Crippen LogP contribution is -2.13. The van der Waals surface area contributed by atoms with E-state index in [0.29, 0.717) is 19.1 Å². The Morgan fingerprint density at radius 1 is 1.00 bits per heavy atom. The molecule has 0 atom stereocenters. The summed E-state index contributed by atoms with van der Waals surface area (Å²) in [5.74, 6) is 1.35. The van der Waals surface area contributed by atoms with Gasteiger partial charge in [-0.1, -0.05) is 25.1 Å². The summed E-state index contributed by atoms with van der Waals surface area (Å²) in [5, 5.41) is 3.19. The highest BCUT2D eigenvalue weighted by atomic mass is 16.5. The third-order valence-electron chi connectivity index (χ3n) is 2.58. The Morgan fingerprint density at radius 3 is 2.50 bits per heavy atom. The van der Waals surface area contributed by atoms with E-state index in [1.165, 1.54) is 0 Å². The van der Waals surface area contributed by atoms with Gasteiger partial charge in [0.1, 0.15) is 19.0 Å². The van der Waals surface area contributed by atoms with Crippen LogP contribution in [0.5, 0.6) is 11.6 Å². The van der Waals surface area contributed by atoms with E-state index < -0.39 is 0 Å². The Balaban J connectivity index is 1.69. The van der Waals surface area contributed by atoms with Gasteiger partial charge in [-0.2, -0.15) is 0 Å². The molecule has 20 heavy (non-hydrogen) atoms. The summed E-state index contributed by atoms with van der Waals surface area (Å²) < 4.78 is 11.0. The van der Waals surface area contributed by atoms with Crippen LogP contribution in [-0.2, 0) is 6.54 Å². The fourth-order valence-electron chi connectivity index (χ4n) is 1.58. The second-order valence-electron chi connectivity index (χ2n) is 4.14. The van der Waals surface area contributed by atoms with Gasteiger partial charge in [0.25, 0.3) is 0 Å². The van der Waals surface area contributed by atoms with Gasteiger partial charge in [-0.15, -0.1) is 0 Å². The molecule has 0 aliphatic heterocycles. The molecule has 0 radical (unpaired) electrons. The van der Waals surface area contributed by atoms with Gasteiger partial charge in [-0.25, -0.2) is 4.98 Å². The van der Waals surface area contributed by atoms with Gasteiger partial charge in [0.05, 0.1) is 18.1 Å². The Bertz CT molecular complexity index is 488. The Kier molecular flexibility index (Phi) is 5.79. The molecule has 1 N–H and O–H groups in total. The highest BCUT2D eigenvalue weighted by molar-refractivity contribution is 5.20. The van der Waals surface area contributed by atoms with Crippen LogP contribution >= 0.6 is 0 Å². The van der Waals surface area contributed by atoms with Crippen LogP contribution in [0.4, 0.5) is 0 Å². The fraction of sp³-hybridized carbons (Fsp3) is 0.333. The van der Waals surface area contributed by atoms with Gasteiger partial charge >= 0.3 is 0 Å². The standard InChI is InChI=1S/C15H19N3O2/c1-2-16-10-13-11-18-15(12-17-13)20-9-8-19-14-6-4-3-5-7-14/h3-7,11-12,16H,2,8-10H2,1H3. The predicted molar refractivity (Wildman–Crippen MR) is 76.8 cm³/mol. The Labute approximate surface area is 119 Å². The first-order valence-electron chi connectivity index (χ1n) is 6.71. The van der Waals surface area contributed by atoms with E-state index in [9.17, 15) is 0 Å². The maximum atomic E-state index is 5.52. The van der Waals surface area contributed by atoms with Crippen molar-refractivity contribution >= 4 is 0 Å². The largest absolute Gasteiger partial charge is 0.490 e. The molecule has 1 aromatic heterocycles. The second kappa shape index (κ2) is 8.12. The molecule has 2 rings (SSSR count). The zero-order valence-corrected chi connectivity index (χ0v) is 11.6. The number of nitrogens with zero attached hydrogens (tertiary/aromatic N) is 2. The SMILES string of the molecule is CCNCc1cnc(OCCOc2ccccc2)cn1. The molecule has 106 valence electrons. The van der Waals surface area contributed by atoms with Crippen molar-refractivity contribution in [3.05, 3.63) is 48.4 Å². The average molecular weight is 273 g/mol. The lowest BCUT2D eigenvalue weighted by Gasteiger charge is -2.07. The van der Waals surface area contributed by atoms with Crippen LogP contribution in [0, 0.1) is 0 Å². The molecule has 0 bridgehead atoms. The fourth-order valence-corrected chi connectivity index (χ4v) is 1.58. The highest BCUT2D eigenvalue weighted by Crippen LogP contribution is 2.08. The first kappa shape index (κ1) is 14.3. The molecule has 0 spiro atoms. The normalized spacial score (nSPS) is 10.2. The average Bonchev–Trinajstić information content (AvgIpc) is 2.52. The summed E-state index contributed by atoms with van der Waals surface area (Å²) >= 11 is 0. The number of nitrogens with one attached hydrogen (secondary N) is 1. The Morgan fingerprint density at radius 2 is 1.80 bits per heavy atom. The maximum Gasteiger partial charge on any atom is 0.232 e. The number of benzene rings is 1. The number of para-hydroxylation sites is 1. The third-order valence-corrected chi connectivity index (χ3v) is 2.58. The summed E-state index contributed by atoms with van der Waals surface area (Å²) in [6.07, 6.45) is 3.35. The first-order chi connectivity index (χ1) is 9.88. The molecule has 0 saturated heterocycles. The third kappa shape index (κ3) is 4.85. The lowest BCUT2D eigenvalue weighted by atomic mass is 10.3. The van der Waals surface area contributed by atoms with Crippen molar-refractivity contribution in [3.8, 4) is 11.6 Å². The second-order valence-corrected chi connectivity index (χ2v) is 4.14. The van der Waals surface area contributed by atoms with Crippen molar-refractivity contribution in [2.75, 3.05) is 19.8 Å². The molecule has 5 heteroatoms. The van der Waals surface area contributed by atoms with Crippen LogP contribution in [0.1, 0.15) is 12.6 Å². The molecule has 0 aliphatic rings. The molecule has 0 fully saturated rings. The number of ether oxygens (including phenoxy) is 2. The van der Waals surface area contributed by atoms with Crippen LogP contribution in [0.15, 0.2) is 42.7 Å². The summed E-state index contributed by atoms with van der Waals surface area (Å²) in [5.41, 5.74) is 0.903. The van der Waals surface area contributed by atoms with Crippen LogP contribution in [-0.4, -0.2) is 29.7 Å². The van der Waals surface area contributed by atoms with Gasteiger partial charge in [0.2, 0.25) is 5.88 Å². The van der Waals surface area contributed by atoms with E-state index >= 15 is 0 Å². The van der Waals surface area contributed by atoms with Gasteiger partial charge < -0.3 is 14.8 Å². The summed E-state index contributed by atoms with van der Waals surface area (Å²) in [6, 6.07) is 9.65. The molecule has 0 aliphatic carbocycles. The summed E-state index contributed by atoms with van der Waals surface area (Å²) in [7, 11) is 0. The minimum absolute atomic E-state index is 0.441. The van der Waals surface area contributed by atoms with Crippen molar-refractivity contribution < 1.29 is 9.47 Å². The zero-order valence-electron chi connectivity index (χ0n) is 11.6. The van der Waals surface area contributed by atoms with E-state index in [1.54, 1.807) is 12.4 Å². The Hall–Kier alpha value is -2.14. The van der Waals surface area contributed by atoms with Crippen LogP contribution in [0.3, 0.4) is 0 Å². The van der Waals surface area contributed by atoms with Crippen molar-refractivity contribution in [2.45, 2.75) is 13.5 Å². The molecule has 5 nitrogen and oxygen atoms in total. The van der Waals surface area contributed by atoms with Gasteiger partial charge in [0, 0.05) is 6.54 Å². The molecule has 0 amide bonds. The minimum atomic E-state index is 0.441. The molecule has 1 aromatic carbocycles. The van der Waals surface area contributed by atoms with Crippen molar-refractivity contribution in [2.24, 2.45) is 0 Å². The van der Waals surface area contributed by atoms with Crippen LogP contribution in [0.2, 0.25) is 0 Å². The van der Waals surface area contributed by atoms with Crippen LogP contribution < -0.4 is 14.8 Å². The number of aromatic nitrogens is 2. The predicted octanol–water partition coefficient (Wildman–Crippen LogP) is 2.04. The van der Waals surface area contributed by atoms with Gasteiger partial charge in [-0.05, 0) is 18.7 Å². The molecule has 0 unspecified atom stereocenters. The molecule has 1 heterocycles. The van der Waals surface area contributed by atoms with Crippen molar-refractivity contribution in [3.63, 3.8) is 0 Å². The van der Waals surface area contributed by atoms with Crippen molar-refractivity contribution in [1.29, 1.82) is 0 Å². The van der Waals surface area contributed by atoms with Crippen molar-refractivity contribution in [1.82, 2.24) is 15.3 Å². The van der Waals surface area contributed by atoms with E-state index in [4.69, 9.17) is 9.47 Å². The maximum absolute atomic E-state index is 5.52. The van der Waals surface area contributed by atoms with E-state index in [1.807, 2.05) is 30.3 Å². The highest BCUT2D eigenvalue weighted by Gasteiger charge is 1.99. The molecular formula is C15H19N3O2. The molecular weight excluding hydrogens is 254 g/mol. The van der Waals surface area contributed by atoms with Crippen LogP contribution in [0.25, 0.3) is 0 Å². The monoisotopic (exact) mass is 273 g/mol. The number of rotatable bonds is 8.